The molecule has 0 unspecified atom stereocenters. The highest BCUT2D eigenvalue weighted by atomic mass is 32.2. The number of sulfonamides is 1. The van der Waals surface area contributed by atoms with E-state index in [1.54, 1.807) is 0 Å². The van der Waals surface area contributed by atoms with Gasteiger partial charge < -0.3 is 0 Å². The van der Waals surface area contributed by atoms with E-state index in [1.807, 2.05) is 24.3 Å². The number of rotatable bonds is 7. The number of Topliss-reactive ketones (excluding diaryl/α,β-unsaturated/α-hetero) is 1. The third-order valence-electron chi connectivity index (χ3n) is 3.89. The van der Waals surface area contributed by atoms with Gasteiger partial charge >= 0.3 is 0 Å². The Bertz CT molecular complexity index is 595. The average Bonchev–Trinajstić information content (AvgIpc) is 2.46. The Labute approximate surface area is 127 Å². The summed E-state index contributed by atoms with van der Waals surface area (Å²) in [5, 5.41) is 0. The van der Waals surface area contributed by atoms with Gasteiger partial charge in [0.05, 0.1) is 0 Å². The molecule has 1 aromatic rings. The number of benzene rings is 1. The second-order valence-electron chi connectivity index (χ2n) is 5.60. The molecule has 4 nitrogen and oxygen atoms in total. The van der Waals surface area contributed by atoms with E-state index in [0.29, 0.717) is 19.5 Å². The van der Waals surface area contributed by atoms with Crippen molar-refractivity contribution in [2.24, 2.45) is 0 Å². The lowest BCUT2D eigenvalue weighted by atomic mass is 10.0. The number of fused-ring (bicyclic) bond motifs is 1. The molecule has 0 aliphatic carbocycles. The number of hydrogen-bond donors (Lipinski definition) is 0. The lowest BCUT2D eigenvalue weighted by Crippen LogP contribution is -2.39. The van der Waals surface area contributed by atoms with Gasteiger partial charge in [-0.25, -0.2) is 8.42 Å². The maximum absolute atomic E-state index is 12.3. The van der Waals surface area contributed by atoms with Crippen molar-refractivity contribution in [3.8, 4) is 0 Å². The van der Waals surface area contributed by atoms with Crippen LogP contribution in [0.25, 0.3) is 0 Å². The van der Waals surface area contributed by atoms with Gasteiger partial charge in [0, 0.05) is 19.5 Å². The molecule has 0 radical (unpaired) electrons. The number of carbonyl (C=O) groups excluding carboxylic acids is 1. The predicted molar refractivity (Wildman–Crippen MR) is 83.5 cm³/mol. The fraction of sp³-hybridized carbons (Fsp3) is 0.562. The van der Waals surface area contributed by atoms with Gasteiger partial charge in [-0.15, -0.1) is 0 Å². The average molecular weight is 309 g/mol. The van der Waals surface area contributed by atoms with Crippen LogP contribution >= 0.6 is 0 Å². The monoisotopic (exact) mass is 309 g/mol. The highest BCUT2D eigenvalue weighted by molar-refractivity contribution is 7.89. The first-order valence-corrected chi connectivity index (χ1v) is 9.20. The molecule has 0 atom stereocenters. The summed E-state index contributed by atoms with van der Waals surface area (Å²) in [7, 11) is -3.48. The molecule has 0 amide bonds. The van der Waals surface area contributed by atoms with E-state index in [0.717, 1.165) is 31.2 Å². The molecular formula is C16H23NO3S. The third-order valence-corrected chi connectivity index (χ3v) is 5.68. The van der Waals surface area contributed by atoms with E-state index in [9.17, 15) is 13.2 Å². The molecule has 2 rings (SSSR count). The summed E-state index contributed by atoms with van der Waals surface area (Å²) in [6, 6.07) is 7.89. The van der Waals surface area contributed by atoms with E-state index in [2.05, 4.69) is 6.92 Å². The van der Waals surface area contributed by atoms with Crippen molar-refractivity contribution in [1.29, 1.82) is 0 Å². The highest BCUT2D eigenvalue weighted by Gasteiger charge is 2.28. The zero-order chi connectivity index (χ0) is 15.3. The highest BCUT2D eigenvalue weighted by Crippen LogP contribution is 2.21. The second kappa shape index (κ2) is 7.18. The Hall–Kier alpha value is -1.20. The maximum Gasteiger partial charge on any atom is 0.221 e. The van der Waals surface area contributed by atoms with Crippen LogP contribution in [-0.2, 0) is 27.8 Å². The fourth-order valence-electron chi connectivity index (χ4n) is 2.65. The summed E-state index contributed by atoms with van der Waals surface area (Å²) in [4.78, 5) is 11.8. The van der Waals surface area contributed by atoms with E-state index >= 15 is 0 Å². The van der Waals surface area contributed by atoms with Crippen molar-refractivity contribution in [1.82, 2.24) is 4.31 Å². The molecule has 5 heteroatoms. The van der Waals surface area contributed by atoms with Crippen LogP contribution in [0, 0.1) is 0 Å². The molecule has 0 bridgehead atoms. The first-order valence-electron chi connectivity index (χ1n) is 7.59. The van der Waals surface area contributed by atoms with Gasteiger partial charge in [0.2, 0.25) is 10.0 Å². The minimum atomic E-state index is -3.48. The van der Waals surface area contributed by atoms with E-state index in [1.165, 1.54) is 9.87 Å². The van der Waals surface area contributed by atoms with Crippen molar-refractivity contribution in [2.75, 3.05) is 12.3 Å². The molecule has 1 aliphatic heterocycles. The van der Waals surface area contributed by atoms with Crippen molar-refractivity contribution in [3.05, 3.63) is 35.4 Å². The molecule has 0 saturated carbocycles. The molecule has 1 heterocycles. The zero-order valence-electron chi connectivity index (χ0n) is 12.5. The molecule has 1 aromatic carbocycles. The lowest BCUT2D eigenvalue weighted by molar-refractivity contribution is -0.116. The normalized spacial score (nSPS) is 15.7. The Balaban J connectivity index is 1.96. The molecule has 0 aromatic heterocycles. The summed E-state index contributed by atoms with van der Waals surface area (Å²) in [5.74, 6) is -0.513. The molecule has 0 spiro atoms. The van der Waals surface area contributed by atoms with Gasteiger partial charge in [0.1, 0.15) is 11.5 Å². The van der Waals surface area contributed by atoms with Gasteiger partial charge in [-0.2, -0.15) is 4.31 Å². The molecule has 116 valence electrons. The number of nitrogens with zero attached hydrogens (tertiary/aromatic N) is 1. The van der Waals surface area contributed by atoms with Gasteiger partial charge in [-0.1, -0.05) is 44.0 Å². The van der Waals surface area contributed by atoms with Crippen LogP contribution in [0.1, 0.15) is 43.7 Å². The summed E-state index contributed by atoms with van der Waals surface area (Å²) in [6.45, 7) is 2.93. The van der Waals surface area contributed by atoms with Gasteiger partial charge in [-0.3, -0.25) is 4.79 Å². The van der Waals surface area contributed by atoms with Crippen molar-refractivity contribution in [3.63, 3.8) is 0 Å². The maximum atomic E-state index is 12.3. The summed E-state index contributed by atoms with van der Waals surface area (Å²) < 4.78 is 26.1. The zero-order valence-corrected chi connectivity index (χ0v) is 13.4. The van der Waals surface area contributed by atoms with Crippen LogP contribution in [-0.4, -0.2) is 30.8 Å². The number of hydrogen-bond acceptors (Lipinski definition) is 3. The summed E-state index contributed by atoms with van der Waals surface area (Å²) in [5.41, 5.74) is 2.25. The fourth-order valence-corrected chi connectivity index (χ4v) is 4.09. The predicted octanol–water partition coefficient (Wildman–Crippen LogP) is 2.52. The van der Waals surface area contributed by atoms with E-state index < -0.39 is 10.0 Å². The quantitative estimate of drug-likeness (QED) is 0.727. The van der Waals surface area contributed by atoms with Gasteiger partial charge in [-0.05, 0) is 24.0 Å². The van der Waals surface area contributed by atoms with Crippen LogP contribution in [0.4, 0.5) is 0 Å². The van der Waals surface area contributed by atoms with Gasteiger partial charge in [0.15, 0.2) is 0 Å². The van der Waals surface area contributed by atoms with Crippen LogP contribution in [0.15, 0.2) is 24.3 Å². The van der Waals surface area contributed by atoms with Crippen molar-refractivity contribution >= 4 is 15.8 Å². The summed E-state index contributed by atoms with van der Waals surface area (Å²) >= 11 is 0. The minimum Gasteiger partial charge on any atom is -0.299 e. The third kappa shape index (κ3) is 4.38. The molecule has 0 fully saturated rings. The lowest BCUT2D eigenvalue weighted by Gasteiger charge is -2.27. The van der Waals surface area contributed by atoms with E-state index in [4.69, 9.17) is 0 Å². The second-order valence-corrected chi connectivity index (χ2v) is 7.57. The van der Waals surface area contributed by atoms with Crippen LogP contribution in [0.2, 0.25) is 0 Å². The molecule has 0 saturated heterocycles. The van der Waals surface area contributed by atoms with Crippen molar-refractivity contribution < 1.29 is 13.2 Å². The van der Waals surface area contributed by atoms with Gasteiger partial charge in [0.25, 0.3) is 0 Å². The molecular weight excluding hydrogens is 286 g/mol. The first-order chi connectivity index (χ1) is 10.0. The number of unbranched alkanes of at least 4 members (excludes halogenated alkanes) is 2. The molecule has 21 heavy (non-hydrogen) atoms. The first kappa shape index (κ1) is 16.2. The Morgan fingerprint density at radius 2 is 1.90 bits per heavy atom. The van der Waals surface area contributed by atoms with Crippen LogP contribution < -0.4 is 0 Å². The Kier molecular flexibility index (Phi) is 5.53. The smallest absolute Gasteiger partial charge is 0.221 e. The minimum absolute atomic E-state index is 0.165. The Morgan fingerprint density at radius 3 is 2.62 bits per heavy atom. The van der Waals surface area contributed by atoms with Crippen LogP contribution in [0.5, 0.6) is 0 Å². The van der Waals surface area contributed by atoms with Crippen LogP contribution in [0.3, 0.4) is 0 Å². The topological polar surface area (TPSA) is 54.5 Å². The summed E-state index contributed by atoms with van der Waals surface area (Å²) in [6.07, 6.45) is 3.89. The van der Waals surface area contributed by atoms with Crippen molar-refractivity contribution in [2.45, 2.75) is 45.6 Å². The molecule has 1 aliphatic rings. The Morgan fingerprint density at radius 1 is 1.19 bits per heavy atom. The SMILES string of the molecule is CCCCCC(=O)CS(=O)(=O)N1CCc2ccccc2C1. The standard InChI is InChI=1S/C16H23NO3S/c1-2-3-4-9-16(18)13-21(19,20)17-11-10-14-7-5-6-8-15(14)12-17/h5-8H,2-4,9-13H2,1H3. The number of ketones is 1. The van der Waals surface area contributed by atoms with E-state index in [-0.39, 0.29) is 11.5 Å². The largest absolute Gasteiger partial charge is 0.299 e. The molecule has 0 N–H and O–H groups in total. The number of carbonyl (C=O) groups is 1.